The van der Waals surface area contributed by atoms with Gasteiger partial charge in [-0.05, 0) is 73.1 Å². The van der Waals surface area contributed by atoms with Crippen molar-refractivity contribution in [3.05, 3.63) is 44.6 Å². The maximum absolute atomic E-state index is 13.5. The van der Waals surface area contributed by atoms with Crippen LogP contribution in [0.2, 0.25) is 0 Å². The zero-order valence-electron chi connectivity index (χ0n) is 22.3. The number of benzene rings is 1. The molecule has 0 aromatic heterocycles. The Labute approximate surface area is 238 Å². The molecule has 1 saturated carbocycles. The van der Waals surface area contributed by atoms with Crippen molar-refractivity contribution < 1.29 is 34.4 Å². The Balaban J connectivity index is 2.04. The molecule has 2 amide bonds. The van der Waals surface area contributed by atoms with E-state index in [0.717, 1.165) is 37.7 Å². The first kappa shape index (κ1) is 30.4. The number of ether oxygens (including phenoxy) is 2. The number of methoxy groups -OCH3 is 1. The van der Waals surface area contributed by atoms with E-state index in [-0.39, 0.29) is 44.0 Å². The lowest BCUT2D eigenvalue weighted by Gasteiger charge is -2.45. The van der Waals surface area contributed by atoms with E-state index < -0.39 is 18.2 Å². The average Bonchev–Trinajstić information content (AvgIpc) is 2.90. The largest absolute Gasteiger partial charge is 0.493 e. The van der Waals surface area contributed by atoms with Gasteiger partial charge in [-0.15, -0.1) is 0 Å². The van der Waals surface area contributed by atoms with Crippen LogP contribution in [0.4, 0.5) is 0 Å². The number of carbonyl (C=O) groups excluding carboxylic acids is 2. The minimum absolute atomic E-state index is 0.0505. The summed E-state index contributed by atoms with van der Waals surface area (Å²) in [6.45, 7) is 3.44. The van der Waals surface area contributed by atoms with E-state index in [1.54, 1.807) is 29.2 Å². The SMILES string of the molecule is COc1cc(CO)cc(I)c1OC1C=C(C(=O)NCCO)CC(N(C(=O)C=C(C)C)C2CCCCC2)C1O. The zero-order valence-corrected chi connectivity index (χ0v) is 24.4. The lowest BCUT2D eigenvalue weighted by Crippen LogP contribution is -2.58. The zero-order chi connectivity index (χ0) is 27.8. The maximum Gasteiger partial charge on any atom is 0.247 e. The number of aliphatic hydroxyl groups excluding tert-OH is 3. The molecule has 38 heavy (non-hydrogen) atoms. The van der Waals surface area contributed by atoms with Gasteiger partial charge in [0.1, 0.15) is 12.2 Å². The van der Waals surface area contributed by atoms with Gasteiger partial charge in [-0.3, -0.25) is 9.59 Å². The number of nitrogens with zero attached hydrogens (tertiary/aromatic N) is 1. The van der Waals surface area contributed by atoms with Crippen molar-refractivity contribution in [3.63, 3.8) is 0 Å². The molecule has 1 aromatic rings. The highest BCUT2D eigenvalue weighted by molar-refractivity contribution is 14.1. The fourth-order valence-electron chi connectivity index (χ4n) is 5.16. The van der Waals surface area contributed by atoms with Gasteiger partial charge < -0.3 is 35.0 Å². The molecule has 2 aliphatic carbocycles. The summed E-state index contributed by atoms with van der Waals surface area (Å²) in [5, 5.41) is 33.1. The Morgan fingerprint density at radius 1 is 1.18 bits per heavy atom. The lowest BCUT2D eigenvalue weighted by atomic mass is 9.85. The van der Waals surface area contributed by atoms with Gasteiger partial charge in [-0.25, -0.2) is 0 Å². The van der Waals surface area contributed by atoms with Crippen LogP contribution in [0.5, 0.6) is 11.5 Å². The van der Waals surface area contributed by atoms with Crippen LogP contribution in [0.25, 0.3) is 0 Å². The first-order valence-corrected chi connectivity index (χ1v) is 14.2. The van der Waals surface area contributed by atoms with E-state index in [1.165, 1.54) is 7.11 Å². The van der Waals surface area contributed by atoms with E-state index in [1.807, 2.05) is 13.8 Å². The van der Waals surface area contributed by atoms with Crippen LogP contribution in [0.3, 0.4) is 0 Å². The third kappa shape index (κ3) is 7.49. The van der Waals surface area contributed by atoms with Crippen LogP contribution in [-0.4, -0.2) is 76.6 Å². The van der Waals surface area contributed by atoms with Crippen molar-refractivity contribution >= 4 is 34.4 Å². The van der Waals surface area contributed by atoms with E-state index in [0.29, 0.717) is 26.2 Å². The Hall–Kier alpha value is -2.15. The Bertz CT molecular complexity index is 1050. The Morgan fingerprint density at radius 2 is 1.89 bits per heavy atom. The van der Waals surface area contributed by atoms with Crippen LogP contribution in [0.15, 0.2) is 35.4 Å². The van der Waals surface area contributed by atoms with E-state index in [4.69, 9.17) is 9.47 Å². The molecule has 3 unspecified atom stereocenters. The molecule has 1 fully saturated rings. The molecule has 4 N–H and O–H groups in total. The van der Waals surface area contributed by atoms with Gasteiger partial charge in [0.15, 0.2) is 11.5 Å². The molecule has 0 bridgehead atoms. The number of halogens is 1. The molecule has 0 heterocycles. The summed E-state index contributed by atoms with van der Waals surface area (Å²) in [5.74, 6) is 0.206. The summed E-state index contributed by atoms with van der Waals surface area (Å²) in [6.07, 6.45) is 6.05. The second kappa shape index (κ2) is 14.3. The average molecular weight is 643 g/mol. The highest BCUT2D eigenvalue weighted by Crippen LogP contribution is 2.38. The van der Waals surface area contributed by atoms with Crippen molar-refractivity contribution in [2.75, 3.05) is 20.3 Å². The number of allylic oxidation sites excluding steroid dienone is 1. The third-order valence-corrected chi connectivity index (χ3v) is 7.73. The molecule has 3 atom stereocenters. The molecule has 210 valence electrons. The summed E-state index contributed by atoms with van der Waals surface area (Å²) in [4.78, 5) is 28.3. The predicted octanol–water partition coefficient (Wildman–Crippen LogP) is 2.84. The molecular formula is C28H39IN2O7. The lowest BCUT2D eigenvalue weighted by molar-refractivity contribution is -0.138. The summed E-state index contributed by atoms with van der Waals surface area (Å²) >= 11 is 2.08. The number of aliphatic hydroxyl groups is 3. The van der Waals surface area contributed by atoms with E-state index in [9.17, 15) is 24.9 Å². The number of carbonyl (C=O) groups is 2. The summed E-state index contributed by atoms with van der Waals surface area (Å²) in [6, 6.07) is 2.68. The van der Waals surface area contributed by atoms with Gasteiger partial charge in [-0.1, -0.05) is 24.8 Å². The molecular weight excluding hydrogens is 603 g/mol. The maximum atomic E-state index is 13.5. The fourth-order valence-corrected chi connectivity index (χ4v) is 5.95. The summed E-state index contributed by atoms with van der Waals surface area (Å²) < 4.78 is 12.5. The van der Waals surface area contributed by atoms with Crippen molar-refractivity contribution in [1.82, 2.24) is 10.2 Å². The first-order valence-electron chi connectivity index (χ1n) is 13.1. The first-order chi connectivity index (χ1) is 18.2. The molecule has 0 saturated heterocycles. The van der Waals surface area contributed by atoms with Gasteiger partial charge in [0.2, 0.25) is 11.8 Å². The monoisotopic (exact) mass is 642 g/mol. The Kier molecular flexibility index (Phi) is 11.4. The van der Waals surface area contributed by atoms with Gasteiger partial charge in [0.25, 0.3) is 0 Å². The van der Waals surface area contributed by atoms with Gasteiger partial charge in [-0.2, -0.15) is 0 Å². The topological polar surface area (TPSA) is 129 Å². The van der Waals surface area contributed by atoms with Crippen LogP contribution >= 0.6 is 22.6 Å². The molecule has 1 aromatic carbocycles. The van der Waals surface area contributed by atoms with E-state index in [2.05, 4.69) is 27.9 Å². The molecule has 0 radical (unpaired) electrons. The molecule has 0 spiro atoms. The number of amides is 2. The highest BCUT2D eigenvalue weighted by atomic mass is 127. The second-order valence-electron chi connectivity index (χ2n) is 10.0. The van der Waals surface area contributed by atoms with Gasteiger partial charge in [0, 0.05) is 30.7 Å². The standard InChI is InChI=1S/C28H39IN2O7/c1-17(2)11-25(34)31(20-7-5-4-6-8-20)22-14-19(28(36)30-9-10-32)15-23(26(22)35)38-27-21(29)12-18(16-33)13-24(27)37-3/h11-13,15,20,22-23,26,32-33,35H,4-10,14,16H2,1-3H3,(H,30,36). The molecule has 9 nitrogen and oxygen atoms in total. The second-order valence-corrected chi connectivity index (χ2v) is 11.2. The van der Waals surface area contributed by atoms with Crippen LogP contribution in [-0.2, 0) is 16.2 Å². The third-order valence-electron chi connectivity index (χ3n) is 6.93. The molecule has 0 aliphatic heterocycles. The minimum Gasteiger partial charge on any atom is -0.493 e. The number of hydrogen-bond donors (Lipinski definition) is 4. The molecule has 2 aliphatic rings. The number of rotatable bonds is 10. The summed E-state index contributed by atoms with van der Waals surface area (Å²) in [5.41, 5.74) is 1.88. The highest BCUT2D eigenvalue weighted by Gasteiger charge is 2.43. The predicted molar refractivity (Wildman–Crippen MR) is 152 cm³/mol. The van der Waals surface area contributed by atoms with E-state index >= 15 is 0 Å². The van der Waals surface area contributed by atoms with Crippen molar-refractivity contribution in [1.29, 1.82) is 0 Å². The van der Waals surface area contributed by atoms with Gasteiger partial charge in [0.05, 0.1) is 29.9 Å². The molecule has 3 rings (SSSR count). The quantitative estimate of drug-likeness (QED) is 0.228. The minimum atomic E-state index is -1.11. The summed E-state index contributed by atoms with van der Waals surface area (Å²) in [7, 11) is 1.49. The van der Waals surface area contributed by atoms with Crippen molar-refractivity contribution in [2.45, 2.75) is 83.3 Å². The normalized spacial score (nSPS) is 21.8. The number of nitrogens with one attached hydrogen (secondary N) is 1. The fraction of sp³-hybridized carbons (Fsp3) is 0.571. The van der Waals surface area contributed by atoms with Crippen LogP contribution in [0.1, 0.15) is 57.9 Å². The smallest absolute Gasteiger partial charge is 0.247 e. The van der Waals surface area contributed by atoms with Crippen LogP contribution < -0.4 is 14.8 Å². The molecule has 10 heteroatoms. The van der Waals surface area contributed by atoms with Gasteiger partial charge >= 0.3 is 0 Å². The van der Waals surface area contributed by atoms with Crippen LogP contribution in [0, 0.1) is 3.57 Å². The van der Waals surface area contributed by atoms with Crippen molar-refractivity contribution in [2.24, 2.45) is 0 Å². The number of hydrogen-bond acceptors (Lipinski definition) is 7. The van der Waals surface area contributed by atoms with Crippen molar-refractivity contribution in [3.8, 4) is 11.5 Å². The Morgan fingerprint density at radius 3 is 2.50 bits per heavy atom.